The van der Waals surface area contributed by atoms with Crippen LogP contribution < -0.4 is 10.6 Å². The first-order chi connectivity index (χ1) is 17.6. The molecule has 0 radical (unpaired) electrons. The van der Waals surface area contributed by atoms with Crippen LogP contribution in [0, 0.1) is 0 Å². The number of imide groups is 2. The standard InChI is InChI=1S/C25H36N4O8/c1-25(2,11-3-12-26-19(30)9-14-28-21(32)5-6-22(28)33)37-18-17-36-16-4-13-27-20(31)10-15-29-23(34)7-8-24(29)35/h5-8H,3-4,9-18H2,1-2H3,(H,26,30)(H,27,31). The lowest BCUT2D eigenvalue weighted by Crippen LogP contribution is -2.35. The monoisotopic (exact) mass is 520 g/mol. The minimum Gasteiger partial charge on any atom is -0.379 e. The first kappa shape index (κ1) is 29.8. The van der Waals surface area contributed by atoms with Crippen LogP contribution in [-0.4, -0.2) is 96.8 Å². The molecule has 0 spiro atoms. The Morgan fingerprint density at radius 2 is 1.19 bits per heavy atom. The summed E-state index contributed by atoms with van der Waals surface area (Å²) in [6.45, 7) is 6.21. The molecular weight excluding hydrogens is 484 g/mol. The Hall–Kier alpha value is -3.38. The lowest BCUT2D eigenvalue weighted by molar-refractivity contribution is -0.139. The number of carbonyl (C=O) groups excluding carboxylic acids is 6. The van der Waals surface area contributed by atoms with Crippen LogP contribution in [0.1, 0.15) is 46.0 Å². The van der Waals surface area contributed by atoms with Crippen molar-refractivity contribution in [2.75, 3.05) is 46.0 Å². The Balaban J connectivity index is 1.41. The van der Waals surface area contributed by atoms with E-state index in [-0.39, 0.29) is 37.7 Å². The predicted molar refractivity (Wildman–Crippen MR) is 132 cm³/mol. The molecule has 12 nitrogen and oxygen atoms in total. The molecule has 6 amide bonds. The first-order valence-corrected chi connectivity index (χ1v) is 12.4. The van der Waals surface area contributed by atoms with Crippen molar-refractivity contribution < 1.29 is 38.2 Å². The quantitative estimate of drug-likeness (QED) is 0.187. The maximum atomic E-state index is 11.9. The van der Waals surface area contributed by atoms with E-state index in [1.807, 2.05) is 13.8 Å². The van der Waals surface area contributed by atoms with Gasteiger partial charge < -0.3 is 20.1 Å². The number of amides is 6. The van der Waals surface area contributed by atoms with E-state index < -0.39 is 29.2 Å². The summed E-state index contributed by atoms with van der Waals surface area (Å²) in [5.74, 6) is -2.04. The molecule has 0 aliphatic carbocycles. The summed E-state index contributed by atoms with van der Waals surface area (Å²) in [6, 6.07) is 0. The van der Waals surface area contributed by atoms with Gasteiger partial charge in [-0.05, 0) is 33.1 Å². The van der Waals surface area contributed by atoms with Gasteiger partial charge in [-0.3, -0.25) is 38.6 Å². The first-order valence-electron chi connectivity index (χ1n) is 12.4. The van der Waals surface area contributed by atoms with Gasteiger partial charge in [0.1, 0.15) is 0 Å². The van der Waals surface area contributed by atoms with Crippen LogP contribution in [0.3, 0.4) is 0 Å². The van der Waals surface area contributed by atoms with Crippen molar-refractivity contribution in [3.8, 4) is 0 Å². The molecule has 204 valence electrons. The number of carbonyl (C=O) groups is 6. The number of nitrogens with one attached hydrogen (secondary N) is 2. The molecule has 0 aromatic carbocycles. The highest BCUT2D eigenvalue weighted by molar-refractivity contribution is 6.13. The van der Waals surface area contributed by atoms with E-state index in [1.165, 1.54) is 24.3 Å². The molecule has 0 aromatic rings. The van der Waals surface area contributed by atoms with Crippen molar-refractivity contribution in [3.05, 3.63) is 24.3 Å². The zero-order valence-electron chi connectivity index (χ0n) is 21.5. The zero-order chi connectivity index (χ0) is 27.3. The number of nitrogens with zero attached hydrogens (tertiary/aromatic N) is 2. The smallest absolute Gasteiger partial charge is 0.253 e. The molecular formula is C25H36N4O8. The summed E-state index contributed by atoms with van der Waals surface area (Å²) in [4.78, 5) is 71.6. The Bertz CT molecular complexity index is 892. The number of hydrogen-bond acceptors (Lipinski definition) is 8. The van der Waals surface area contributed by atoms with Crippen molar-refractivity contribution in [1.82, 2.24) is 20.4 Å². The fourth-order valence-corrected chi connectivity index (χ4v) is 3.60. The third-order valence-electron chi connectivity index (χ3n) is 5.71. The van der Waals surface area contributed by atoms with Crippen LogP contribution >= 0.6 is 0 Å². The van der Waals surface area contributed by atoms with Crippen LogP contribution in [0.5, 0.6) is 0 Å². The molecule has 0 atom stereocenters. The van der Waals surface area contributed by atoms with Gasteiger partial charge >= 0.3 is 0 Å². The molecule has 0 bridgehead atoms. The Morgan fingerprint density at radius 1 is 0.730 bits per heavy atom. The molecule has 2 aliphatic heterocycles. The largest absolute Gasteiger partial charge is 0.379 e. The summed E-state index contributed by atoms with van der Waals surface area (Å²) in [5, 5.41) is 5.51. The van der Waals surface area contributed by atoms with Gasteiger partial charge in [0.25, 0.3) is 23.6 Å². The van der Waals surface area contributed by atoms with Crippen LogP contribution in [0.25, 0.3) is 0 Å². The lowest BCUT2D eigenvalue weighted by atomic mass is 10.0. The van der Waals surface area contributed by atoms with Crippen molar-refractivity contribution in [2.45, 2.75) is 51.6 Å². The van der Waals surface area contributed by atoms with E-state index >= 15 is 0 Å². The van der Waals surface area contributed by atoms with Gasteiger partial charge in [0, 0.05) is 69.9 Å². The van der Waals surface area contributed by atoms with Gasteiger partial charge in [0.05, 0.1) is 18.8 Å². The van der Waals surface area contributed by atoms with Crippen LogP contribution in [0.15, 0.2) is 24.3 Å². The summed E-state index contributed by atoms with van der Waals surface area (Å²) < 4.78 is 11.4. The molecule has 2 heterocycles. The third-order valence-corrected chi connectivity index (χ3v) is 5.71. The molecule has 0 aromatic heterocycles. The highest BCUT2D eigenvalue weighted by atomic mass is 16.5. The van der Waals surface area contributed by atoms with Crippen LogP contribution in [0.2, 0.25) is 0 Å². The summed E-state index contributed by atoms with van der Waals surface area (Å²) >= 11 is 0. The maximum Gasteiger partial charge on any atom is 0.253 e. The predicted octanol–water partition coefficient (Wildman–Crippen LogP) is -0.169. The SMILES string of the molecule is CC(C)(CCCNC(=O)CCN1C(=O)C=CC1=O)OCCOCCCNC(=O)CCN1C(=O)C=CC1=O. The van der Waals surface area contributed by atoms with Crippen molar-refractivity contribution in [2.24, 2.45) is 0 Å². The molecule has 0 saturated carbocycles. The molecule has 2 aliphatic rings. The highest BCUT2D eigenvalue weighted by Gasteiger charge is 2.24. The van der Waals surface area contributed by atoms with Gasteiger partial charge in [-0.1, -0.05) is 0 Å². The van der Waals surface area contributed by atoms with E-state index in [9.17, 15) is 28.8 Å². The van der Waals surface area contributed by atoms with Gasteiger partial charge in [-0.25, -0.2) is 0 Å². The van der Waals surface area contributed by atoms with Crippen molar-refractivity contribution in [1.29, 1.82) is 0 Å². The third kappa shape index (κ3) is 11.0. The van der Waals surface area contributed by atoms with Crippen molar-refractivity contribution in [3.63, 3.8) is 0 Å². The van der Waals surface area contributed by atoms with E-state index in [0.717, 1.165) is 16.2 Å². The fraction of sp³-hybridized carbons (Fsp3) is 0.600. The van der Waals surface area contributed by atoms with Gasteiger partial charge in [-0.2, -0.15) is 0 Å². The van der Waals surface area contributed by atoms with E-state index in [1.54, 1.807) is 0 Å². The molecule has 37 heavy (non-hydrogen) atoms. The lowest BCUT2D eigenvalue weighted by Gasteiger charge is -2.25. The van der Waals surface area contributed by atoms with Crippen molar-refractivity contribution >= 4 is 35.4 Å². The molecule has 0 saturated heterocycles. The average molecular weight is 521 g/mol. The Labute approximate surface area is 216 Å². The minimum absolute atomic E-state index is 0.0605. The average Bonchev–Trinajstić information content (AvgIpc) is 3.34. The number of rotatable bonds is 18. The fourth-order valence-electron chi connectivity index (χ4n) is 3.60. The molecule has 2 rings (SSSR count). The summed E-state index contributed by atoms with van der Waals surface area (Å²) in [6.07, 6.45) is 6.94. The van der Waals surface area contributed by atoms with Gasteiger partial charge in [-0.15, -0.1) is 0 Å². The minimum atomic E-state index is -0.399. The second-order valence-corrected chi connectivity index (χ2v) is 9.20. The molecule has 0 unspecified atom stereocenters. The Morgan fingerprint density at radius 3 is 1.68 bits per heavy atom. The number of ether oxygens (including phenoxy) is 2. The van der Waals surface area contributed by atoms with E-state index in [0.29, 0.717) is 45.8 Å². The molecule has 0 fully saturated rings. The van der Waals surface area contributed by atoms with E-state index in [4.69, 9.17) is 9.47 Å². The summed E-state index contributed by atoms with van der Waals surface area (Å²) in [5.41, 5.74) is -0.393. The van der Waals surface area contributed by atoms with Gasteiger partial charge in [0.2, 0.25) is 11.8 Å². The second kappa shape index (κ2) is 15.0. The summed E-state index contributed by atoms with van der Waals surface area (Å²) in [7, 11) is 0. The highest BCUT2D eigenvalue weighted by Crippen LogP contribution is 2.16. The second-order valence-electron chi connectivity index (χ2n) is 9.20. The molecule has 12 heteroatoms. The van der Waals surface area contributed by atoms with Crippen LogP contribution in [-0.2, 0) is 38.2 Å². The topological polar surface area (TPSA) is 151 Å². The van der Waals surface area contributed by atoms with E-state index in [2.05, 4.69) is 10.6 Å². The zero-order valence-corrected chi connectivity index (χ0v) is 21.5. The molecule has 2 N–H and O–H groups in total. The Kier molecular flexibility index (Phi) is 12.1. The number of hydrogen-bond donors (Lipinski definition) is 2. The van der Waals surface area contributed by atoms with Gasteiger partial charge in [0.15, 0.2) is 0 Å². The normalized spacial score (nSPS) is 15.3. The maximum absolute atomic E-state index is 11.9. The van der Waals surface area contributed by atoms with Crippen LogP contribution in [0.4, 0.5) is 0 Å².